The van der Waals surface area contributed by atoms with Gasteiger partial charge in [-0.15, -0.1) is 0 Å². The number of hydrogen-bond donors (Lipinski definition) is 0. The van der Waals surface area contributed by atoms with E-state index in [-0.39, 0.29) is 11.6 Å². The molecule has 2 spiro atoms. The highest BCUT2D eigenvalue weighted by Crippen LogP contribution is 2.75. The van der Waals surface area contributed by atoms with Crippen LogP contribution in [0.5, 0.6) is 11.5 Å². The monoisotopic (exact) mass is 994 g/mol. The normalized spacial score (nSPS) is 22.5. The summed E-state index contributed by atoms with van der Waals surface area (Å²) in [4.78, 5) is 33.6. The van der Waals surface area contributed by atoms with Crippen molar-refractivity contribution in [2.75, 3.05) is 0 Å². The fraction of sp³-hybridized carbons (Fsp3) is 0.0541. The average Bonchev–Trinajstić information content (AvgIpc) is 2.87. The van der Waals surface area contributed by atoms with E-state index in [1.807, 2.05) is 72.8 Å². The summed E-state index contributed by atoms with van der Waals surface area (Å²) in [6.07, 6.45) is 0. The molecule has 0 radical (unpaired) electrons. The van der Waals surface area contributed by atoms with Gasteiger partial charge in [0.25, 0.3) is 0 Å². The molecular formula is C74H42O4. The highest BCUT2D eigenvalue weighted by atomic mass is 16.5. The third kappa shape index (κ3) is 4.55. The van der Waals surface area contributed by atoms with Gasteiger partial charge >= 0.3 is 0 Å². The molecule has 4 atom stereocenters. The first-order valence-corrected chi connectivity index (χ1v) is 26.9. The minimum Gasteiger partial charge on any atom is -0.472 e. The molecule has 4 nitrogen and oxygen atoms in total. The minimum atomic E-state index is -1.57. The average molecular weight is 995 g/mol. The van der Waals surface area contributed by atoms with Gasteiger partial charge < -0.3 is 9.47 Å². The molecule has 0 saturated heterocycles. The Morgan fingerprint density at radius 2 is 0.615 bits per heavy atom. The van der Waals surface area contributed by atoms with Crippen LogP contribution in [0.1, 0.15) is 55.6 Å². The molecule has 18 rings (SSSR count). The zero-order chi connectivity index (χ0) is 51.3. The number of benzene rings is 12. The maximum absolute atomic E-state index is 16.8. The molecule has 0 fully saturated rings. The highest BCUT2D eigenvalue weighted by molar-refractivity contribution is 6.42. The number of carbonyl (C=O) groups is 2. The molecule has 0 bridgehead atoms. The highest BCUT2D eigenvalue weighted by Gasteiger charge is 2.75. The van der Waals surface area contributed by atoms with E-state index in [9.17, 15) is 0 Å². The molecule has 6 aliphatic rings. The Labute approximate surface area is 449 Å². The summed E-state index contributed by atoms with van der Waals surface area (Å²) in [6, 6.07) is 88.7. The number of hydrogen-bond acceptors (Lipinski definition) is 4. The summed E-state index contributed by atoms with van der Waals surface area (Å²) in [7, 11) is 0. The predicted molar refractivity (Wildman–Crippen MR) is 309 cm³/mol. The number of Topliss-reactive ketones (excluding diaryl/α,β-unsaturated/α-hetero) is 2. The smallest absolute Gasteiger partial charge is 0.214 e. The van der Waals surface area contributed by atoms with Crippen molar-refractivity contribution in [1.29, 1.82) is 0 Å². The standard InChI is InChI=1S/C74H42O4/c75-69-63(43-21-5-1-6-22-43)67-53-33-15-13-29-49(53)51-31-17-19-35-55(51)71(67)57-41-45-38-40-60-66-58(42-46-37-39-59(65(57)61(46)62(45)66)77-73(69,71)47-25-9-3-10-26-47)72-56-36-20-18-32-52(56)50-30-14-16-34-54(50)68(72)64(44-23-7-2-8-24-44)70(76)74(72,78-60)48-27-11-4-12-28-48/h1-42H/t71-,72-,73+,74+/m0/s1. The van der Waals surface area contributed by atoms with E-state index in [4.69, 9.17) is 9.47 Å². The predicted octanol–water partition coefficient (Wildman–Crippen LogP) is 16.1. The van der Waals surface area contributed by atoms with Crippen molar-refractivity contribution < 1.29 is 19.1 Å². The van der Waals surface area contributed by atoms with Crippen LogP contribution in [0.3, 0.4) is 0 Å². The summed E-state index contributed by atoms with van der Waals surface area (Å²) < 4.78 is 15.9. The van der Waals surface area contributed by atoms with Gasteiger partial charge in [0.05, 0.1) is 10.8 Å². The Balaban J connectivity index is 1.04. The van der Waals surface area contributed by atoms with Crippen LogP contribution in [-0.4, -0.2) is 11.6 Å². The number of ketones is 2. The van der Waals surface area contributed by atoms with Crippen LogP contribution in [0.2, 0.25) is 0 Å². The lowest BCUT2D eigenvalue weighted by Crippen LogP contribution is -2.58. The van der Waals surface area contributed by atoms with Crippen molar-refractivity contribution >= 4 is 66.2 Å². The Morgan fingerprint density at radius 1 is 0.282 bits per heavy atom. The quantitative estimate of drug-likeness (QED) is 0.165. The lowest BCUT2D eigenvalue weighted by Gasteiger charge is -2.54. The topological polar surface area (TPSA) is 52.6 Å². The molecule has 78 heavy (non-hydrogen) atoms. The molecule has 12 aromatic carbocycles. The summed E-state index contributed by atoms with van der Waals surface area (Å²) in [6.45, 7) is 0. The SMILES string of the molecule is O=C1C(c2ccccc2)=C2c3ccccc3-c3ccccc3[C@]23c2cc4ccc5c6c(cc7ccc(c2c7c46)O[C@]13c1ccccc1)[C@@]12C(=C(c3ccccc3)C(=O)[C@@]1(c1ccccc1)O5)c1ccccc1-c1ccccc12. The Morgan fingerprint density at radius 3 is 1.01 bits per heavy atom. The maximum atomic E-state index is 16.8. The summed E-state index contributed by atoms with van der Waals surface area (Å²) in [5.41, 5.74) is 11.3. The van der Waals surface area contributed by atoms with Gasteiger partial charge in [0.15, 0.2) is 0 Å². The number of fused-ring (bicyclic) bond motifs is 8. The van der Waals surface area contributed by atoms with E-state index in [0.29, 0.717) is 22.6 Å². The summed E-state index contributed by atoms with van der Waals surface area (Å²) >= 11 is 0. The third-order valence-corrected chi connectivity index (χ3v) is 18.6. The largest absolute Gasteiger partial charge is 0.472 e. The molecule has 12 aromatic rings. The molecule has 0 saturated carbocycles. The van der Waals surface area contributed by atoms with Gasteiger partial charge in [-0.05, 0) is 113 Å². The third-order valence-electron chi connectivity index (χ3n) is 18.6. The van der Waals surface area contributed by atoms with Crippen molar-refractivity contribution in [3.63, 3.8) is 0 Å². The lowest BCUT2D eigenvalue weighted by atomic mass is 9.52. The van der Waals surface area contributed by atoms with Crippen LogP contribution in [0.4, 0.5) is 0 Å². The van der Waals surface area contributed by atoms with Crippen molar-refractivity contribution in [2.24, 2.45) is 0 Å². The van der Waals surface area contributed by atoms with Crippen LogP contribution < -0.4 is 9.47 Å². The van der Waals surface area contributed by atoms with Gasteiger partial charge in [-0.3, -0.25) is 9.59 Å². The van der Waals surface area contributed by atoms with Crippen LogP contribution in [-0.2, 0) is 31.6 Å². The zero-order valence-electron chi connectivity index (χ0n) is 41.9. The molecule has 2 heterocycles. The van der Waals surface area contributed by atoms with Crippen molar-refractivity contribution in [1.82, 2.24) is 0 Å². The van der Waals surface area contributed by atoms with E-state index in [0.717, 1.165) is 121 Å². The van der Waals surface area contributed by atoms with Gasteiger partial charge in [-0.1, -0.05) is 231 Å². The van der Waals surface area contributed by atoms with Gasteiger partial charge in [0.1, 0.15) is 11.5 Å². The number of ether oxygens (including phenoxy) is 2. The number of carbonyl (C=O) groups excluding carboxylic acids is 2. The molecule has 362 valence electrons. The summed E-state index contributed by atoms with van der Waals surface area (Å²) in [5, 5.41) is 5.98. The fourth-order valence-electron chi connectivity index (χ4n) is 16.1. The second kappa shape index (κ2) is 14.5. The van der Waals surface area contributed by atoms with E-state index in [2.05, 4.69) is 182 Å². The van der Waals surface area contributed by atoms with E-state index in [1.54, 1.807) is 0 Å². The Bertz CT molecular complexity index is 4460. The fourth-order valence-corrected chi connectivity index (χ4v) is 16.1. The molecule has 4 heteroatoms. The first-order chi connectivity index (χ1) is 38.5. The van der Waals surface area contributed by atoms with E-state index < -0.39 is 22.0 Å². The van der Waals surface area contributed by atoms with Crippen LogP contribution in [0.15, 0.2) is 255 Å². The second-order valence-corrected chi connectivity index (χ2v) is 21.8. The molecule has 2 aliphatic heterocycles. The van der Waals surface area contributed by atoms with Gasteiger partial charge in [-0.2, -0.15) is 0 Å². The molecule has 0 amide bonds. The number of rotatable bonds is 4. The first-order valence-electron chi connectivity index (χ1n) is 26.9. The van der Waals surface area contributed by atoms with Crippen molar-refractivity contribution in [2.45, 2.75) is 22.0 Å². The summed E-state index contributed by atoms with van der Waals surface area (Å²) in [5.74, 6) is 1.12. The van der Waals surface area contributed by atoms with Gasteiger partial charge in [0.2, 0.25) is 22.8 Å². The van der Waals surface area contributed by atoms with E-state index in [1.165, 1.54) is 0 Å². The van der Waals surface area contributed by atoms with Crippen LogP contribution in [0, 0.1) is 0 Å². The Kier molecular flexibility index (Phi) is 7.88. The second-order valence-electron chi connectivity index (χ2n) is 21.8. The van der Waals surface area contributed by atoms with Crippen molar-refractivity contribution in [3.05, 3.63) is 310 Å². The van der Waals surface area contributed by atoms with Crippen LogP contribution >= 0.6 is 0 Å². The van der Waals surface area contributed by atoms with Crippen LogP contribution in [0.25, 0.3) is 76.9 Å². The van der Waals surface area contributed by atoms with Crippen molar-refractivity contribution in [3.8, 4) is 33.8 Å². The Hall–Kier alpha value is -9.90. The minimum absolute atomic E-state index is 0.0791. The molecule has 0 aromatic heterocycles. The van der Waals surface area contributed by atoms with E-state index >= 15 is 9.59 Å². The first kappa shape index (κ1) is 42.3. The molecule has 0 N–H and O–H groups in total. The molecular weight excluding hydrogens is 953 g/mol. The molecule has 0 unspecified atom stereocenters. The zero-order valence-corrected chi connectivity index (χ0v) is 41.9. The maximum Gasteiger partial charge on any atom is 0.214 e. The lowest BCUT2D eigenvalue weighted by molar-refractivity contribution is -0.132. The van der Waals surface area contributed by atoms with Gasteiger partial charge in [0, 0.05) is 43.8 Å². The van der Waals surface area contributed by atoms with Gasteiger partial charge in [-0.25, -0.2) is 0 Å². The molecule has 4 aliphatic carbocycles.